The van der Waals surface area contributed by atoms with Gasteiger partial charge in [-0.05, 0) is 51.4 Å². The third kappa shape index (κ3) is 33.4. The van der Waals surface area contributed by atoms with Crippen LogP contribution in [0.15, 0.2) is 36.5 Å². The maximum absolute atomic E-state index is 12.0. The first kappa shape index (κ1) is 43.2. The second-order valence-electron chi connectivity index (χ2n) is 11.5. The van der Waals surface area contributed by atoms with Crippen LogP contribution in [0.5, 0.6) is 0 Å². The molecule has 10 heteroatoms. The average Bonchev–Trinajstić information content (AvgIpc) is 3.02. The van der Waals surface area contributed by atoms with E-state index in [2.05, 4.69) is 55.6 Å². The lowest BCUT2D eigenvalue weighted by molar-refractivity contribution is -0.147. The number of aliphatic hydroxyl groups excluding tert-OH is 1. The second kappa shape index (κ2) is 32.2. The Labute approximate surface area is 273 Å². The van der Waals surface area contributed by atoms with Gasteiger partial charge >= 0.3 is 13.8 Å². The number of hydrogen-bond donors (Lipinski definition) is 3. The van der Waals surface area contributed by atoms with E-state index in [0.717, 1.165) is 77.0 Å². The van der Waals surface area contributed by atoms with Crippen LogP contribution in [0.2, 0.25) is 0 Å². The lowest BCUT2D eigenvalue weighted by atomic mass is 10.1. The summed E-state index contributed by atoms with van der Waals surface area (Å²) >= 11 is 0. The predicted molar refractivity (Wildman–Crippen MR) is 183 cm³/mol. The van der Waals surface area contributed by atoms with Crippen LogP contribution in [0.1, 0.15) is 142 Å². The minimum atomic E-state index is -4.40. The van der Waals surface area contributed by atoms with E-state index in [1.165, 1.54) is 38.5 Å². The fraction of sp³-hybridized carbons (Fsp3) is 0.771. The summed E-state index contributed by atoms with van der Waals surface area (Å²) in [6.45, 7) is 3.38. The number of unbranched alkanes of at least 4 members (excludes halogenated alkanes) is 13. The molecule has 0 aromatic rings. The van der Waals surface area contributed by atoms with E-state index in [0.29, 0.717) is 6.42 Å². The zero-order valence-corrected chi connectivity index (χ0v) is 29.2. The summed E-state index contributed by atoms with van der Waals surface area (Å²) in [6, 6.07) is 0. The zero-order chi connectivity index (χ0) is 33.3. The Kier molecular flexibility index (Phi) is 30.9. The van der Waals surface area contributed by atoms with E-state index in [1.54, 1.807) is 0 Å². The van der Waals surface area contributed by atoms with Crippen molar-refractivity contribution in [3.05, 3.63) is 36.5 Å². The summed E-state index contributed by atoms with van der Waals surface area (Å²) in [5.41, 5.74) is 0. The second-order valence-corrected chi connectivity index (χ2v) is 12.9. The molecule has 9 nitrogen and oxygen atoms in total. The normalized spacial score (nSPS) is 14.0. The van der Waals surface area contributed by atoms with E-state index in [-0.39, 0.29) is 32.1 Å². The SMILES string of the molecule is CCCCC/C=C\C/C=C\C/C=C\CCCCCCCCC(=O)NCCOP(=O)(O)OCC(O)COC(=O)CCCCCCC. The quantitative estimate of drug-likeness (QED) is 0.0284. The molecule has 0 aromatic heterocycles. The molecule has 262 valence electrons. The van der Waals surface area contributed by atoms with Gasteiger partial charge in [0.05, 0.1) is 13.2 Å². The van der Waals surface area contributed by atoms with Gasteiger partial charge in [-0.15, -0.1) is 0 Å². The number of aliphatic hydroxyl groups is 1. The number of phosphoric ester groups is 1. The predicted octanol–water partition coefficient (Wildman–Crippen LogP) is 8.65. The van der Waals surface area contributed by atoms with Gasteiger partial charge in [0.1, 0.15) is 12.7 Å². The van der Waals surface area contributed by atoms with Gasteiger partial charge in [0.15, 0.2) is 0 Å². The lowest BCUT2D eigenvalue weighted by Gasteiger charge is -2.15. The number of carbonyl (C=O) groups is 2. The number of phosphoric acid groups is 1. The Morgan fingerprint density at radius 2 is 1.20 bits per heavy atom. The molecular weight excluding hydrogens is 593 g/mol. The first-order valence-corrected chi connectivity index (χ1v) is 19.0. The third-order valence-corrected chi connectivity index (χ3v) is 8.06. The molecular formula is C35H64NO8P. The fourth-order valence-electron chi connectivity index (χ4n) is 4.38. The van der Waals surface area contributed by atoms with Crippen LogP contribution in [0.4, 0.5) is 0 Å². The smallest absolute Gasteiger partial charge is 0.463 e. The van der Waals surface area contributed by atoms with E-state index in [4.69, 9.17) is 13.8 Å². The molecule has 0 aliphatic carbocycles. The van der Waals surface area contributed by atoms with Crippen molar-refractivity contribution in [1.29, 1.82) is 0 Å². The Balaban J connectivity index is 3.63. The number of ether oxygens (including phenoxy) is 1. The summed E-state index contributed by atoms with van der Waals surface area (Å²) in [7, 11) is -4.40. The Morgan fingerprint density at radius 3 is 1.84 bits per heavy atom. The van der Waals surface area contributed by atoms with Gasteiger partial charge in [0.25, 0.3) is 0 Å². The van der Waals surface area contributed by atoms with Crippen molar-refractivity contribution >= 4 is 19.7 Å². The molecule has 0 aliphatic heterocycles. The molecule has 0 saturated carbocycles. The van der Waals surface area contributed by atoms with Crippen molar-refractivity contribution in [1.82, 2.24) is 5.32 Å². The highest BCUT2D eigenvalue weighted by Gasteiger charge is 2.23. The molecule has 0 spiro atoms. The van der Waals surface area contributed by atoms with Crippen molar-refractivity contribution in [2.75, 3.05) is 26.4 Å². The van der Waals surface area contributed by atoms with Crippen LogP contribution in [0.25, 0.3) is 0 Å². The van der Waals surface area contributed by atoms with Crippen molar-refractivity contribution in [2.45, 2.75) is 148 Å². The summed E-state index contributed by atoms with van der Waals surface area (Å²) in [5.74, 6) is -0.545. The summed E-state index contributed by atoms with van der Waals surface area (Å²) in [5, 5.41) is 12.5. The van der Waals surface area contributed by atoms with E-state index >= 15 is 0 Å². The van der Waals surface area contributed by atoms with E-state index < -0.39 is 26.5 Å². The first-order valence-electron chi connectivity index (χ1n) is 17.5. The number of carbonyl (C=O) groups excluding carboxylic acids is 2. The van der Waals surface area contributed by atoms with Gasteiger partial charge in [-0.2, -0.15) is 0 Å². The molecule has 3 N–H and O–H groups in total. The highest BCUT2D eigenvalue weighted by molar-refractivity contribution is 7.47. The Morgan fingerprint density at radius 1 is 0.689 bits per heavy atom. The maximum atomic E-state index is 12.0. The van der Waals surface area contributed by atoms with Crippen LogP contribution >= 0.6 is 7.82 Å². The number of esters is 1. The molecule has 1 amide bonds. The monoisotopic (exact) mass is 657 g/mol. The van der Waals surface area contributed by atoms with Crippen LogP contribution < -0.4 is 5.32 Å². The first-order chi connectivity index (χ1) is 21.8. The minimum Gasteiger partial charge on any atom is -0.463 e. The van der Waals surface area contributed by atoms with Gasteiger partial charge in [-0.3, -0.25) is 18.6 Å². The van der Waals surface area contributed by atoms with Crippen LogP contribution in [-0.4, -0.2) is 54.3 Å². The molecule has 45 heavy (non-hydrogen) atoms. The lowest BCUT2D eigenvalue weighted by Crippen LogP contribution is -2.27. The molecule has 0 saturated heterocycles. The largest absolute Gasteiger partial charge is 0.472 e. The molecule has 2 atom stereocenters. The van der Waals surface area contributed by atoms with Gasteiger partial charge in [-0.25, -0.2) is 4.57 Å². The van der Waals surface area contributed by atoms with Gasteiger partial charge < -0.3 is 20.1 Å². The highest BCUT2D eigenvalue weighted by atomic mass is 31.2. The van der Waals surface area contributed by atoms with Crippen molar-refractivity contribution < 1.29 is 37.9 Å². The van der Waals surface area contributed by atoms with Crippen LogP contribution in [-0.2, 0) is 27.9 Å². The Bertz CT molecular complexity index is 846. The number of nitrogens with one attached hydrogen (secondary N) is 1. The summed E-state index contributed by atoms with van der Waals surface area (Å²) in [6.07, 6.45) is 32.6. The van der Waals surface area contributed by atoms with Gasteiger partial charge in [0, 0.05) is 19.4 Å². The average molecular weight is 658 g/mol. The minimum absolute atomic E-state index is 0.0741. The highest BCUT2D eigenvalue weighted by Crippen LogP contribution is 2.42. The van der Waals surface area contributed by atoms with Crippen molar-refractivity contribution in [3.8, 4) is 0 Å². The number of allylic oxidation sites excluding steroid dienone is 6. The van der Waals surface area contributed by atoms with Crippen molar-refractivity contribution in [2.24, 2.45) is 0 Å². The summed E-state index contributed by atoms with van der Waals surface area (Å²) in [4.78, 5) is 33.4. The molecule has 2 unspecified atom stereocenters. The zero-order valence-electron chi connectivity index (χ0n) is 28.3. The number of hydrogen-bond acceptors (Lipinski definition) is 7. The molecule has 0 rings (SSSR count). The van der Waals surface area contributed by atoms with Gasteiger partial charge in [-0.1, -0.05) is 115 Å². The third-order valence-electron chi connectivity index (χ3n) is 7.07. The fourth-order valence-corrected chi connectivity index (χ4v) is 5.14. The van der Waals surface area contributed by atoms with Crippen LogP contribution in [0.3, 0.4) is 0 Å². The van der Waals surface area contributed by atoms with E-state index in [1.807, 2.05) is 0 Å². The van der Waals surface area contributed by atoms with Crippen molar-refractivity contribution in [3.63, 3.8) is 0 Å². The molecule has 0 aromatic carbocycles. The summed E-state index contributed by atoms with van der Waals surface area (Å²) < 4.78 is 26.5. The topological polar surface area (TPSA) is 131 Å². The number of rotatable bonds is 32. The molecule has 0 heterocycles. The maximum Gasteiger partial charge on any atom is 0.472 e. The number of amides is 1. The van der Waals surface area contributed by atoms with Gasteiger partial charge in [0.2, 0.25) is 5.91 Å². The molecule has 0 fully saturated rings. The van der Waals surface area contributed by atoms with E-state index in [9.17, 15) is 24.2 Å². The molecule has 0 bridgehead atoms. The molecule has 0 aliphatic rings. The standard InChI is InChI=1S/C35H64NO8P/c1-3-5-7-9-10-11-12-13-14-15-16-17-18-19-20-21-22-24-25-27-34(38)36-29-30-43-45(40,41)44-32-33(37)31-42-35(39)28-26-23-8-6-4-2/h10-11,13-14,16-17,33,37H,3-9,12,15,18-32H2,1-2H3,(H,36,38)(H,40,41)/b11-10-,14-13-,17-16-. The molecule has 0 radical (unpaired) electrons. The Hall–Kier alpha value is -1.77. The van der Waals surface area contributed by atoms with Crippen LogP contribution in [0, 0.1) is 0 Å².